The predicted molar refractivity (Wildman–Crippen MR) is 126 cm³/mol. The Kier molecular flexibility index (Phi) is 5.39. The van der Waals surface area contributed by atoms with Crippen LogP contribution in [0.15, 0.2) is 48.6 Å². The number of nitrogens with zero attached hydrogens (tertiary/aromatic N) is 3. The lowest BCUT2D eigenvalue weighted by Gasteiger charge is -2.39. The summed E-state index contributed by atoms with van der Waals surface area (Å²) in [6.45, 7) is 3.87. The first-order valence-electron chi connectivity index (χ1n) is 11.4. The number of likely N-dealkylation sites (N-methyl/N-ethyl adjacent to an activating group) is 1. The minimum Gasteiger partial charge on any atom is -0.394 e. The van der Waals surface area contributed by atoms with Gasteiger partial charge in [0.1, 0.15) is 11.6 Å². The second kappa shape index (κ2) is 7.93. The summed E-state index contributed by atoms with van der Waals surface area (Å²) in [7, 11) is 1.70. The molecule has 1 aromatic carbocycles. The van der Waals surface area contributed by atoms with E-state index in [1.54, 1.807) is 54.1 Å². The van der Waals surface area contributed by atoms with Gasteiger partial charge in [-0.1, -0.05) is 35.9 Å². The fraction of sp³-hybridized carbons (Fsp3) is 0.480. The van der Waals surface area contributed by atoms with Crippen molar-refractivity contribution in [1.82, 2.24) is 9.80 Å². The van der Waals surface area contributed by atoms with Crippen molar-refractivity contribution in [1.29, 1.82) is 0 Å². The van der Waals surface area contributed by atoms with E-state index in [9.17, 15) is 19.5 Å². The Bertz CT molecular complexity index is 1100. The van der Waals surface area contributed by atoms with Crippen LogP contribution < -0.4 is 4.90 Å². The smallest absolute Gasteiger partial charge is 0.253 e. The Balaban J connectivity index is 1.67. The van der Waals surface area contributed by atoms with E-state index >= 15 is 0 Å². The number of aliphatic hydroxyl groups is 1. The zero-order valence-corrected chi connectivity index (χ0v) is 20.1. The van der Waals surface area contributed by atoms with Crippen LogP contribution in [0.2, 0.25) is 5.02 Å². The molecule has 0 aromatic heterocycles. The largest absolute Gasteiger partial charge is 0.394 e. The molecule has 34 heavy (non-hydrogen) atoms. The van der Waals surface area contributed by atoms with E-state index in [1.807, 2.05) is 25.2 Å². The first kappa shape index (κ1) is 23.1. The van der Waals surface area contributed by atoms with Crippen LogP contribution in [0.5, 0.6) is 0 Å². The molecule has 0 bridgehead atoms. The summed E-state index contributed by atoms with van der Waals surface area (Å²) in [5.74, 6) is -2.55. The second-order valence-corrected chi connectivity index (χ2v) is 10.2. The number of benzene rings is 1. The molecule has 1 unspecified atom stereocenters. The Hall–Kier alpha value is -2.68. The Morgan fingerprint density at radius 2 is 1.74 bits per heavy atom. The number of aliphatic hydroxyl groups excluding tert-OH is 1. The van der Waals surface area contributed by atoms with Gasteiger partial charge in [-0.15, -0.1) is 0 Å². The number of carbonyl (C=O) groups excluding carboxylic acids is 3. The van der Waals surface area contributed by atoms with Crippen LogP contribution in [0.4, 0.5) is 5.69 Å². The van der Waals surface area contributed by atoms with Gasteiger partial charge in [0.2, 0.25) is 11.8 Å². The minimum absolute atomic E-state index is 0.195. The van der Waals surface area contributed by atoms with Crippen molar-refractivity contribution < 1.29 is 24.2 Å². The number of likely N-dealkylation sites (tertiary alicyclic amines) is 1. The number of hydrogen-bond acceptors (Lipinski definition) is 5. The maximum absolute atomic E-state index is 14.1. The van der Waals surface area contributed by atoms with Crippen LogP contribution in [0.25, 0.3) is 0 Å². The van der Waals surface area contributed by atoms with E-state index in [0.717, 1.165) is 0 Å². The molecule has 180 valence electrons. The van der Waals surface area contributed by atoms with Gasteiger partial charge in [-0.25, -0.2) is 0 Å². The molecule has 0 radical (unpaired) electrons. The molecule has 0 aliphatic carbocycles. The van der Waals surface area contributed by atoms with Gasteiger partial charge in [-0.2, -0.15) is 0 Å². The number of rotatable bonds is 3. The van der Waals surface area contributed by atoms with Crippen molar-refractivity contribution in [2.24, 2.45) is 11.8 Å². The van der Waals surface area contributed by atoms with Gasteiger partial charge in [0.25, 0.3) is 5.91 Å². The van der Waals surface area contributed by atoms with Gasteiger partial charge in [0.15, 0.2) is 0 Å². The van der Waals surface area contributed by atoms with Crippen molar-refractivity contribution in [2.45, 2.75) is 37.1 Å². The summed E-state index contributed by atoms with van der Waals surface area (Å²) in [5, 5.41) is 10.5. The highest BCUT2D eigenvalue weighted by Crippen LogP contribution is 2.57. The predicted octanol–water partition coefficient (Wildman–Crippen LogP) is 1.62. The molecule has 2 saturated heterocycles. The third-order valence-electron chi connectivity index (χ3n) is 7.57. The normalized spacial score (nSPS) is 35.7. The van der Waals surface area contributed by atoms with E-state index in [-0.39, 0.29) is 30.9 Å². The van der Waals surface area contributed by atoms with Gasteiger partial charge in [0, 0.05) is 30.8 Å². The Labute approximate surface area is 203 Å². The summed E-state index contributed by atoms with van der Waals surface area (Å²) >= 11 is 6.05. The quantitative estimate of drug-likeness (QED) is 0.657. The maximum atomic E-state index is 14.1. The minimum atomic E-state index is -1.34. The van der Waals surface area contributed by atoms with Gasteiger partial charge in [-0.05, 0) is 38.1 Å². The lowest BCUT2D eigenvalue weighted by atomic mass is 9.74. The summed E-state index contributed by atoms with van der Waals surface area (Å²) in [6.07, 6.45) is 7.33. The van der Waals surface area contributed by atoms with E-state index in [2.05, 4.69) is 0 Å². The molecule has 9 heteroatoms. The number of halogens is 1. The molecule has 6 atom stereocenters. The first-order valence-corrected chi connectivity index (χ1v) is 11.8. The number of carbonyl (C=O) groups is 3. The number of hydrogen-bond donors (Lipinski definition) is 1. The van der Waals surface area contributed by atoms with E-state index in [0.29, 0.717) is 17.3 Å². The van der Waals surface area contributed by atoms with Crippen LogP contribution in [-0.4, -0.2) is 82.7 Å². The molecule has 8 nitrogen and oxygen atoms in total. The van der Waals surface area contributed by atoms with Crippen molar-refractivity contribution in [3.63, 3.8) is 0 Å². The van der Waals surface area contributed by atoms with Gasteiger partial charge in [0.05, 0.1) is 30.1 Å². The Morgan fingerprint density at radius 1 is 1.06 bits per heavy atom. The summed E-state index contributed by atoms with van der Waals surface area (Å²) in [6, 6.07) is 5.25. The molecule has 5 rings (SSSR count). The number of ether oxygens (including phenoxy) is 1. The molecule has 1 N–H and O–H groups in total. The zero-order valence-electron chi connectivity index (χ0n) is 19.3. The van der Waals surface area contributed by atoms with E-state index in [4.69, 9.17) is 16.3 Å². The highest BCUT2D eigenvalue weighted by Gasteiger charge is 2.75. The average Bonchev–Trinajstić information content (AvgIpc) is 3.09. The molecule has 0 saturated carbocycles. The third kappa shape index (κ3) is 3.08. The van der Waals surface area contributed by atoms with Crippen LogP contribution >= 0.6 is 11.6 Å². The molecule has 1 spiro atoms. The van der Waals surface area contributed by atoms with Crippen molar-refractivity contribution in [3.8, 4) is 0 Å². The van der Waals surface area contributed by atoms with Crippen LogP contribution in [0.1, 0.15) is 13.8 Å². The molecular weight excluding hydrogens is 458 g/mol. The van der Waals surface area contributed by atoms with Crippen molar-refractivity contribution in [2.75, 3.05) is 31.6 Å². The lowest BCUT2D eigenvalue weighted by molar-refractivity contribution is -0.150. The monoisotopic (exact) mass is 485 g/mol. The van der Waals surface area contributed by atoms with Gasteiger partial charge in [-0.3, -0.25) is 14.4 Å². The van der Waals surface area contributed by atoms with Crippen LogP contribution in [-0.2, 0) is 19.1 Å². The molecule has 4 aliphatic rings. The lowest BCUT2D eigenvalue weighted by Crippen LogP contribution is -2.58. The second-order valence-electron chi connectivity index (χ2n) is 9.72. The standard InChI is InChI=1S/C25H28ClN3O5/c1-15(14-30)29-20-23(33)28(17-8-6-16(26)7-9-17)13-5-11-25(20)19(22(29)32)18-21(31)27(3)12-4-10-24(18,2)34-25/h4-11,15,18-20,30H,12-14H2,1-3H3/t15-,18-,19+,20?,24+,25+/m1/s1. The molecule has 3 amide bonds. The molecule has 1 aromatic rings. The molecular formula is C25H28ClN3O5. The van der Waals surface area contributed by atoms with E-state index in [1.165, 1.54) is 4.90 Å². The van der Waals surface area contributed by atoms with Crippen molar-refractivity contribution in [3.05, 3.63) is 53.6 Å². The summed E-state index contributed by atoms with van der Waals surface area (Å²) in [4.78, 5) is 46.2. The van der Waals surface area contributed by atoms with Crippen LogP contribution in [0, 0.1) is 11.8 Å². The highest BCUT2D eigenvalue weighted by molar-refractivity contribution is 6.30. The first-order chi connectivity index (χ1) is 16.1. The van der Waals surface area contributed by atoms with Crippen LogP contribution in [0.3, 0.4) is 0 Å². The third-order valence-corrected chi connectivity index (χ3v) is 7.83. The Morgan fingerprint density at radius 3 is 2.41 bits per heavy atom. The SMILES string of the molecule is C[C@H](CO)N1C(=O)[C@@H]2[C@@H]3C(=O)N(C)CC=C[C@]3(C)O[C@@]23C=CCN(c2ccc(Cl)cc2)C(=O)C13. The average molecular weight is 486 g/mol. The topological polar surface area (TPSA) is 90.4 Å². The van der Waals surface area contributed by atoms with Gasteiger partial charge < -0.3 is 24.5 Å². The fourth-order valence-corrected chi connectivity index (χ4v) is 6.12. The fourth-order valence-electron chi connectivity index (χ4n) is 6.00. The van der Waals surface area contributed by atoms with Gasteiger partial charge >= 0.3 is 0 Å². The number of fused-ring (bicyclic) bond motifs is 2. The van der Waals surface area contributed by atoms with E-state index < -0.39 is 35.1 Å². The molecule has 4 heterocycles. The molecule has 2 fully saturated rings. The summed E-state index contributed by atoms with van der Waals surface area (Å²) in [5.41, 5.74) is -1.75. The molecule has 4 aliphatic heterocycles. The summed E-state index contributed by atoms with van der Waals surface area (Å²) < 4.78 is 6.68. The zero-order chi connectivity index (χ0) is 24.4. The number of anilines is 1. The van der Waals surface area contributed by atoms with Crippen molar-refractivity contribution >= 4 is 35.0 Å². The highest BCUT2D eigenvalue weighted by atomic mass is 35.5. The maximum Gasteiger partial charge on any atom is 0.253 e. The number of amides is 3.